The molecule has 0 amide bonds. The van der Waals surface area contributed by atoms with Crippen LogP contribution < -0.4 is 0 Å². The molecule has 1 nitrogen and oxygen atoms in total. The zero-order chi connectivity index (χ0) is 11.1. The maximum absolute atomic E-state index is 11.8. The Balaban J connectivity index is 2.44. The highest BCUT2D eigenvalue weighted by Crippen LogP contribution is 2.12. The van der Waals surface area contributed by atoms with Crippen molar-refractivity contribution in [3.05, 3.63) is 35.4 Å². The predicted molar refractivity (Wildman–Crippen MR) is 64.3 cm³/mol. The van der Waals surface area contributed by atoms with Gasteiger partial charge >= 0.3 is 0 Å². The van der Waals surface area contributed by atoms with Gasteiger partial charge in [0, 0.05) is 12.0 Å². The molecule has 0 bridgehead atoms. The lowest BCUT2D eigenvalue weighted by molar-refractivity contribution is 0.0978. The zero-order valence-electron chi connectivity index (χ0n) is 9.75. The van der Waals surface area contributed by atoms with Crippen molar-refractivity contribution in [2.45, 2.75) is 46.0 Å². The van der Waals surface area contributed by atoms with Crippen molar-refractivity contribution in [3.8, 4) is 0 Å². The van der Waals surface area contributed by atoms with E-state index >= 15 is 0 Å². The fraction of sp³-hybridized carbons (Fsp3) is 0.500. The standard InChI is InChI=1S/C14H20O/c1-3-4-5-6-11-14(15)13-10-8-7-9-12(13)2/h7-10H,3-6,11H2,1-2H3. The Hall–Kier alpha value is -1.11. The molecule has 0 atom stereocenters. The summed E-state index contributed by atoms with van der Waals surface area (Å²) < 4.78 is 0. The highest BCUT2D eigenvalue weighted by Gasteiger charge is 2.07. The number of aryl methyl sites for hydroxylation is 1. The molecule has 0 aliphatic rings. The van der Waals surface area contributed by atoms with Crippen LogP contribution in [-0.2, 0) is 0 Å². The molecule has 0 N–H and O–H groups in total. The summed E-state index contributed by atoms with van der Waals surface area (Å²) in [6.45, 7) is 4.18. The molecule has 0 fully saturated rings. The molecule has 1 rings (SSSR count). The first-order chi connectivity index (χ1) is 7.25. The van der Waals surface area contributed by atoms with Gasteiger partial charge < -0.3 is 0 Å². The van der Waals surface area contributed by atoms with Crippen molar-refractivity contribution in [2.75, 3.05) is 0 Å². The van der Waals surface area contributed by atoms with Gasteiger partial charge in [-0.1, -0.05) is 50.5 Å². The molecule has 0 aliphatic heterocycles. The molecule has 0 spiro atoms. The average molecular weight is 204 g/mol. The van der Waals surface area contributed by atoms with E-state index in [0.717, 1.165) is 17.5 Å². The molecule has 0 radical (unpaired) electrons. The second-order valence-electron chi connectivity index (χ2n) is 4.05. The maximum Gasteiger partial charge on any atom is 0.163 e. The molecule has 0 unspecified atom stereocenters. The quantitative estimate of drug-likeness (QED) is 0.502. The lowest BCUT2D eigenvalue weighted by atomic mass is 10.0. The Labute approximate surface area is 92.5 Å². The second-order valence-corrected chi connectivity index (χ2v) is 4.05. The molecular formula is C14H20O. The SMILES string of the molecule is CCCCCCC(=O)c1ccccc1C. The molecule has 0 aliphatic carbocycles. The Morgan fingerprint density at radius 1 is 1.13 bits per heavy atom. The van der Waals surface area contributed by atoms with Crippen LogP contribution in [0.25, 0.3) is 0 Å². The van der Waals surface area contributed by atoms with Crippen LogP contribution in [0.5, 0.6) is 0 Å². The van der Waals surface area contributed by atoms with Crippen molar-refractivity contribution >= 4 is 5.78 Å². The number of benzene rings is 1. The Bertz CT molecular complexity index is 315. The van der Waals surface area contributed by atoms with Crippen molar-refractivity contribution in [1.29, 1.82) is 0 Å². The van der Waals surface area contributed by atoms with Gasteiger partial charge in [0.05, 0.1) is 0 Å². The van der Waals surface area contributed by atoms with E-state index in [1.165, 1.54) is 19.3 Å². The Kier molecular flexibility index (Phi) is 5.09. The summed E-state index contributed by atoms with van der Waals surface area (Å²) in [5.41, 5.74) is 1.99. The predicted octanol–water partition coefficient (Wildman–Crippen LogP) is 4.15. The van der Waals surface area contributed by atoms with Crippen LogP contribution in [0.2, 0.25) is 0 Å². The van der Waals surface area contributed by atoms with E-state index in [-0.39, 0.29) is 0 Å². The van der Waals surface area contributed by atoms with Gasteiger partial charge in [0.2, 0.25) is 0 Å². The van der Waals surface area contributed by atoms with Crippen LogP contribution in [0, 0.1) is 6.92 Å². The van der Waals surface area contributed by atoms with E-state index in [9.17, 15) is 4.79 Å². The number of hydrogen-bond donors (Lipinski definition) is 0. The molecule has 15 heavy (non-hydrogen) atoms. The molecule has 0 saturated carbocycles. The highest BCUT2D eigenvalue weighted by atomic mass is 16.1. The molecule has 82 valence electrons. The fourth-order valence-electron chi connectivity index (χ4n) is 1.73. The number of carbonyl (C=O) groups excluding carboxylic acids is 1. The third-order valence-electron chi connectivity index (χ3n) is 2.70. The number of unbranched alkanes of at least 4 members (excludes halogenated alkanes) is 3. The molecule has 1 heteroatoms. The van der Waals surface area contributed by atoms with Gasteiger partial charge in [-0.25, -0.2) is 0 Å². The summed E-state index contributed by atoms with van der Waals surface area (Å²) >= 11 is 0. The van der Waals surface area contributed by atoms with E-state index in [0.29, 0.717) is 12.2 Å². The molecule has 0 heterocycles. The van der Waals surface area contributed by atoms with Crippen LogP contribution >= 0.6 is 0 Å². The van der Waals surface area contributed by atoms with Gasteiger partial charge in [-0.2, -0.15) is 0 Å². The molecular weight excluding hydrogens is 184 g/mol. The first kappa shape index (κ1) is 12.0. The highest BCUT2D eigenvalue weighted by molar-refractivity contribution is 5.97. The van der Waals surface area contributed by atoms with E-state index in [1.807, 2.05) is 31.2 Å². The van der Waals surface area contributed by atoms with Crippen LogP contribution in [0.1, 0.15) is 54.9 Å². The van der Waals surface area contributed by atoms with Crippen molar-refractivity contribution in [3.63, 3.8) is 0 Å². The molecule has 1 aromatic rings. The summed E-state index contributed by atoms with van der Waals surface area (Å²) in [7, 11) is 0. The van der Waals surface area contributed by atoms with Gasteiger partial charge in [-0.3, -0.25) is 4.79 Å². The Morgan fingerprint density at radius 2 is 1.87 bits per heavy atom. The summed E-state index contributed by atoms with van der Waals surface area (Å²) in [4.78, 5) is 11.8. The maximum atomic E-state index is 11.8. The number of Topliss-reactive ketones (excluding diaryl/α,β-unsaturated/α-hetero) is 1. The van der Waals surface area contributed by atoms with Gasteiger partial charge in [0.15, 0.2) is 5.78 Å². The van der Waals surface area contributed by atoms with E-state index in [2.05, 4.69) is 6.92 Å². The van der Waals surface area contributed by atoms with Crippen LogP contribution in [0.4, 0.5) is 0 Å². The lowest BCUT2D eigenvalue weighted by Crippen LogP contribution is -2.01. The number of ketones is 1. The van der Waals surface area contributed by atoms with Crippen molar-refractivity contribution in [1.82, 2.24) is 0 Å². The summed E-state index contributed by atoms with van der Waals surface area (Å²) in [6, 6.07) is 7.84. The van der Waals surface area contributed by atoms with E-state index < -0.39 is 0 Å². The lowest BCUT2D eigenvalue weighted by Gasteiger charge is -2.04. The number of carbonyl (C=O) groups is 1. The van der Waals surface area contributed by atoms with Crippen molar-refractivity contribution in [2.24, 2.45) is 0 Å². The summed E-state index contributed by atoms with van der Waals surface area (Å²) in [5.74, 6) is 0.296. The van der Waals surface area contributed by atoms with Crippen LogP contribution in [0.15, 0.2) is 24.3 Å². The second kappa shape index (κ2) is 6.39. The minimum atomic E-state index is 0.296. The topological polar surface area (TPSA) is 17.1 Å². The summed E-state index contributed by atoms with van der Waals surface area (Å²) in [5, 5.41) is 0. The average Bonchev–Trinajstić information content (AvgIpc) is 2.25. The van der Waals surface area contributed by atoms with Gasteiger partial charge in [-0.05, 0) is 18.9 Å². The Morgan fingerprint density at radius 3 is 2.53 bits per heavy atom. The molecule has 0 aromatic heterocycles. The minimum absolute atomic E-state index is 0.296. The third-order valence-corrected chi connectivity index (χ3v) is 2.70. The van der Waals surface area contributed by atoms with Gasteiger partial charge in [0.25, 0.3) is 0 Å². The number of rotatable bonds is 6. The first-order valence-corrected chi connectivity index (χ1v) is 5.84. The zero-order valence-corrected chi connectivity index (χ0v) is 9.75. The minimum Gasteiger partial charge on any atom is -0.294 e. The molecule has 0 saturated heterocycles. The monoisotopic (exact) mass is 204 g/mol. The van der Waals surface area contributed by atoms with Crippen LogP contribution in [0.3, 0.4) is 0 Å². The van der Waals surface area contributed by atoms with Gasteiger partial charge in [-0.15, -0.1) is 0 Å². The molecule has 1 aromatic carbocycles. The van der Waals surface area contributed by atoms with E-state index in [4.69, 9.17) is 0 Å². The van der Waals surface area contributed by atoms with Crippen LogP contribution in [-0.4, -0.2) is 5.78 Å². The first-order valence-electron chi connectivity index (χ1n) is 5.84. The van der Waals surface area contributed by atoms with Crippen molar-refractivity contribution < 1.29 is 4.79 Å². The third kappa shape index (κ3) is 3.86. The summed E-state index contributed by atoms with van der Waals surface area (Å²) in [6.07, 6.45) is 5.36. The normalized spacial score (nSPS) is 10.3. The van der Waals surface area contributed by atoms with Gasteiger partial charge in [0.1, 0.15) is 0 Å². The smallest absolute Gasteiger partial charge is 0.163 e. The fourth-order valence-corrected chi connectivity index (χ4v) is 1.73. The number of hydrogen-bond acceptors (Lipinski definition) is 1. The van der Waals surface area contributed by atoms with E-state index in [1.54, 1.807) is 0 Å². The largest absolute Gasteiger partial charge is 0.294 e.